The Bertz CT molecular complexity index is 529. The maximum Gasteiger partial charge on any atom is 0.153 e. The largest absolute Gasteiger partial charge is 0.463 e. The van der Waals surface area contributed by atoms with Crippen LogP contribution in [0.25, 0.3) is 11.5 Å². The highest BCUT2D eigenvalue weighted by Crippen LogP contribution is 2.32. The van der Waals surface area contributed by atoms with E-state index in [9.17, 15) is 0 Å². The first-order valence-corrected chi connectivity index (χ1v) is 7.53. The predicted octanol–water partition coefficient (Wildman–Crippen LogP) is 2.68. The molecule has 1 atom stereocenters. The fourth-order valence-electron chi connectivity index (χ4n) is 2.46. The number of nitrogens with zero attached hydrogens (tertiary/aromatic N) is 2. The summed E-state index contributed by atoms with van der Waals surface area (Å²) in [6.07, 6.45) is 1.70. The summed E-state index contributed by atoms with van der Waals surface area (Å²) in [5.74, 6) is 0.868. The summed E-state index contributed by atoms with van der Waals surface area (Å²) >= 11 is 1.78. The van der Waals surface area contributed by atoms with E-state index in [1.165, 1.54) is 9.88 Å². The average Bonchev–Trinajstić information content (AvgIpc) is 3.08. The highest BCUT2D eigenvalue weighted by Gasteiger charge is 2.22. The Kier molecular flexibility index (Phi) is 3.68. The zero-order valence-electron chi connectivity index (χ0n) is 11.3. The third-order valence-electron chi connectivity index (χ3n) is 3.62. The van der Waals surface area contributed by atoms with E-state index in [2.05, 4.69) is 24.1 Å². The summed E-state index contributed by atoms with van der Waals surface area (Å²) in [6.45, 7) is 8.68. The molecule has 0 radical (unpaired) electrons. The summed E-state index contributed by atoms with van der Waals surface area (Å²) in [4.78, 5) is 8.51. The van der Waals surface area contributed by atoms with Crippen LogP contribution in [-0.4, -0.2) is 36.1 Å². The molecule has 0 amide bonds. The van der Waals surface area contributed by atoms with Gasteiger partial charge in [0.2, 0.25) is 0 Å². The first-order valence-electron chi connectivity index (χ1n) is 6.71. The molecule has 2 aromatic heterocycles. The van der Waals surface area contributed by atoms with Crippen LogP contribution in [0.1, 0.15) is 22.9 Å². The molecule has 4 nitrogen and oxygen atoms in total. The number of hydrogen-bond acceptors (Lipinski definition) is 5. The predicted molar refractivity (Wildman–Crippen MR) is 77.4 cm³/mol. The van der Waals surface area contributed by atoms with E-state index in [0.717, 1.165) is 37.6 Å². The number of rotatable bonds is 3. The highest BCUT2D eigenvalue weighted by molar-refractivity contribution is 7.12. The van der Waals surface area contributed by atoms with E-state index in [1.807, 2.05) is 12.1 Å². The van der Waals surface area contributed by atoms with Crippen LogP contribution in [-0.2, 0) is 0 Å². The minimum Gasteiger partial charge on any atom is -0.463 e. The van der Waals surface area contributed by atoms with Crippen molar-refractivity contribution in [3.63, 3.8) is 0 Å². The summed E-state index contributed by atoms with van der Waals surface area (Å²) < 4.78 is 5.46. The lowest BCUT2D eigenvalue weighted by Crippen LogP contribution is -2.44. The molecule has 0 spiro atoms. The van der Waals surface area contributed by atoms with Gasteiger partial charge < -0.3 is 9.73 Å². The standard InChI is InChI=1S/C14H19N3OS/c1-10(17-7-5-15-6-8-17)14-16-13(11(2)19-14)12-4-3-9-18-12/h3-4,9-10,15H,5-8H2,1-2H3. The molecule has 19 heavy (non-hydrogen) atoms. The zero-order valence-corrected chi connectivity index (χ0v) is 12.2. The molecule has 0 bridgehead atoms. The van der Waals surface area contributed by atoms with Gasteiger partial charge in [0.15, 0.2) is 5.76 Å². The van der Waals surface area contributed by atoms with Gasteiger partial charge in [-0.15, -0.1) is 11.3 Å². The number of piperazine rings is 1. The van der Waals surface area contributed by atoms with Gasteiger partial charge in [-0.05, 0) is 26.0 Å². The van der Waals surface area contributed by atoms with Crippen molar-refractivity contribution < 1.29 is 4.42 Å². The van der Waals surface area contributed by atoms with E-state index in [-0.39, 0.29) is 0 Å². The van der Waals surface area contributed by atoms with E-state index in [1.54, 1.807) is 17.6 Å². The molecule has 5 heteroatoms. The molecular weight excluding hydrogens is 258 g/mol. The van der Waals surface area contributed by atoms with E-state index in [0.29, 0.717) is 6.04 Å². The van der Waals surface area contributed by atoms with Crippen LogP contribution < -0.4 is 5.32 Å². The van der Waals surface area contributed by atoms with Crippen LogP contribution in [0.15, 0.2) is 22.8 Å². The number of aryl methyl sites for hydroxylation is 1. The second kappa shape index (κ2) is 5.45. The Morgan fingerprint density at radius 1 is 1.42 bits per heavy atom. The molecule has 1 N–H and O–H groups in total. The number of thiazole rings is 1. The quantitative estimate of drug-likeness (QED) is 0.936. The van der Waals surface area contributed by atoms with Gasteiger partial charge in [0.25, 0.3) is 0 Å². The monoisotopic (exact) mass is 277 g/mol. The van der Waals surface area contributed by atoms with Gasteiger partial charge in [0, 0.05) is 31.1 Å². The molecule has 0 aromatic carbocycles. The molecule has 1 aliphatic rings. The van der Waals surface area contributed by atoms with Gasteiger partial charge in [-0.3, -0.25) is 4.90 Å². The third kappa shape index (κ3) is 2.59. The smallest absolute Gasteiger partial charge is 0.153 e. The Morgan fingerprint density at radius 3 is 2.89 bits per heavy atom. The molecule has 2 aromatic rings. The minimum atomic E-state index is 0.384. The fourth-order valence-corrected chi connectivity index (χ4v) is 3.48. The molecule has 102 valence electrons. The first kappa shape index (κ1) is 12.8. The topological polar surface area (TPSA) is 41.3 Å². The molecule has 3 heterocycles. The lowest BCUT2D eigenvalue weighted by atomic mass is 10.2. The van der Waals surface area contributed by atoms with Crippen LogP contribution >= 0.6 is 11.3 Å². The summed E-state index contributed by atoms with van der Waals surface area (Å²) in [6, 6.07) is 4.27. The maximum atomic E-state index is 5.46. The molecule has 1 aliphatic heterocycles. The Morgan fingerprint density at radius 2 is 2.21 bits per heavy atom. The average molecular weight is 277 g/mol. The molecule has 1 unspecified atom stereocenters. The van der Waals surface area contributed by atoms with Crippen molar-refractivity contribution in [1.29, 1.82) is 0 Å². The number of hydrogen-bond donors (Lipinski definition) is 1. The van der Waals surface area contributed by atoms with E-state index in [4.69, 9.17) is 9.40 Å². The second-order valence-corrected chi connectivity index (χ2v) is 6.13. The van der Waals surface area contributed by atoms with Crippen molar-refractivity contribution in [3.8, 4) is 11.5 Å². The lowest BCUT2D eigenvalue weighted by molar-refractivity contribution is 0.185. The lowest BCUT2D eigenvalue weighted by Gasteiger charge is -2.31. The number of furan rings is 1. The molecular formula is C14H19N3OS. The summed E-state index contributed by atoms with van der Waals surface area (Å²) in [5, 5.41) is 4.57. The summed E-state index contributed by atoms with van der Waals surface area (Å²) in [7, 11) is 0. The molecule has 3 rings (SSSR count). The molecule has 0 saturated carbocycles. The Balaban J connectivity index is 1.83. The summed E-state index contributed by atoms with van der Waals surface area (Å²) in [5.41, 5.74) is 0.993. The van der Waals surface area contributed by atoms with Gasteiger partial charge in [0.05, 0.1) is 12.3 Å². The van der Waals surface area contributed by atoms with Crippen molar-refractivity contribution in [2.24, 2.45) is 0 Å². The Labute approximate surface area is 117 Å². The molecule has 1 fully saturated rings. The van der Waals surface area contributed by atoms with Crippen LogP contribution in [0.3, 0.4) is 0 Å². The van der Waals surface area contributed by atoms with Crippen LogP contribution in [0.5, 0.6) is 0 Å². The number of aromatic nitrogens is 1. The molecule has 0 aliphatic carbocycles. The van der Waals surface area contributed by atoms with E-state index >= 15 is 0 Å². The number of nitrogens with one attached hydrogen (secondary N) is 1. The van der Waals surface area contributed by atoms with E-state index < -0.39 is 0 Å². The zero-order chi connectivity index (χ0) is 13.2. The van der Waals surface area contributed by atoms with Gasteiger partial charge in [-0.1, -0.05) is 0 Å². The van der Waals surface area contributed by atoms with Crippen molar-refractivity contribution in [2.45, 2.75) is 19.9 Å². The molecule has 1 saturated heterocycles. The van der Waals surface area contributed by atoms with Crippen molar-refractivity contribution in [2.75, 3.05) is 26.2 Å². The van der Waals surface area contributed by atoms with Gasteiger partial charge in [0.1, 0.15) is 10.7 Å². The van der Waals surface area contributed by atoms with Crippen LogP contribution in [0, 0.1) is 6.92 Å². The van der Waals surface area contributed by atoms with Gasteiger partial charge in [-0.2, -0.15) is 0 Å². The normalized spacial score (nSPS) is 18.6. The Hall–Kier alpha value is -1.17. The van der Waals surface area contributed by atoms with Crippen LogP contribution in [0.2, 0.25) is 0 Å². The SMILES string of the molecule is Cc1sc(C(C)N2CCNCC2)nc1-c1ccco1. The third-order valence-corrected chi connectivity index (χ3v) is 4.77. The van der Waals surface area contributed by atoms with Gasteiger partial charge in [-0.25, -0.2) is 4.98 Å². The highest BCUT2D eigenvalue weighted by atomic mass is 32.1. The van der Waals surface area contributed by atoms with Crippen molar-refractivity contribution >= 4 is 11.3 Å². The van der Waals surface area contributed by atoms with Crippen molar-refractivity contribution in [3.05, 3.63) is 28.3 Å². The van der Waals surface area contributed by atoms with Gasteiger partial charge >= 0.3 is 0 Å². The van der Waals surface area contributed by atoms with Crippen molar-refractivity contribution in [1.82, 2.24) is 15.2 Å². The maximum absolute atomic E-state index is 5.46. The van der Waals surface area contributed by atoms with Crippen LogP contribution in [0.4, 0.5) is 0 Å². The minimum absolute atomic E-state index is 0.384. The second-order valence-electron chi connectivity index (χ2n) is 4.90. The fraction of sp³-hybridized carbons (Fsp3) is 0.500. The first-order chi connectivity index (χ1) is 9.25.